The normalized spacial score (nSPS) is 10.2. The maximum atomic E-state index is 12.8. The molecule has 0 heterocycles. The van der Waals surface area contributed by atoms with E-state index in [2.05, 4.69) is 10.6 Å². The number of hydrogen-bond donors (Lipinski definition) is 2. The molecule has 0 radical (unpaired) electrons. The fourth-order valence-corrected chi connectivity index (χ4v) is 2.68. The van der Waals surface area contributed by atoms with Crippen LogP contribution in [0.4, 0.5) is 10.1 Å². The van der Waals surface area contributed by atoms with Crippen LogP contribution in [0, 0.1) is 5.82 Å². The van der Waals surface area contributed by atoms with Crippen molar-refractivity contribution in [2.45, 2.75) is 5.75 Å². The quantitative estimate of drug-likeness (QED) is 0.855. The largest absolute Gasteiger partial charge is 0.355 e. The van der Waals surface area contributed by atoms with E-state index >= 15 is 0 Å². The van der Waals surface area contributed by atoms with Crippen molar-refractivity contribution in [2.75, 3.05) is 18.1 Å². The number of hydrogen-bond acceptors (Lipinski definition) is 3. The Hall–Kier alpha value is -2.34. The van der Waals surface area contributed by atoms with Gasteiger partial charge < -0.3 is 10.6 Å². The molecule has 4 nitrogen and oxygen atoms in total. The number of carbonyl (C=O) groups is 2. The highest BCUT2D eigenvalue weighted by molar-refractivity contribution is 7.99. The van der Waals surface area contributed by atoms with E-state index in [0.717, 1.165) is 5.56 Å². The average Bonchev–Trinajstić information content (AvgIpc) is 2.57. The fraction of sp³-hybridized carbons (Fsp3) is 0.176. The van der Waals surface area contributed by atoms with Gasteiger partial charge in [0.25, 0.3) is 5.91 Å². The highest BCUT2D eigenvalue weighted by atomic mass is 32.2. The molecule has 0 saturated carbocycles. The van der Waals surface area contributed by atoms with E-state index in [1.807, 2.05) is 12.1 Å². The van der Waals surface area contributed by atoms with Crippen molar-refractivity contribution in [3.8, 4) is 0 Å². The Morgan fingerprint density at radius 3 is 2.30 bits per heavy atom. The second-order valence-corrected chi connectivity index (χ2v) is 5.81. The molecule has 0 atom stereocenters. The summed E-state index contributed by atoms with van der Waals surface area (Å²) in [6, 6.07) is 12.9. The third-order valence-electron chi connectivity index (χ3n) is 3.07. The van der Waals surface area contributed by atoms with Crippen LogP contribution in [0.25, 0.3) is 0 Å². The monoisotopic (exact) mass is 332 g/mol. The van der Waals surface area contributed by atoms with Gasteiger partial charge in [-0.25, -0.2) is 4.39 Å². The smallest absolute Gasteiger partial charge is 0.251 e. The van der Waals surface area contributed by atoms with Crippen molar-refractivity contribution in [3.05, 3.63) is 65.5 Å². The number of rotatable bonds is 6. The molecule has 0 aliphatic rings. The number of thioether (sulfide) groups is 1. The number of amides is 2. The molecule has 2 rings (SSSR count). The molecular weight excluding hydrogens is 315 g/mol. The number of carbonyl (C=O) groups excluding carboxylic acids is 2. The molecule has 0 saturated heterocycles. The Kier molecular flexibility index (Phi) is 6.17. The minimum atomic E-state index is -0.336. The Morgan fingerprint density at radius 2 is 1.70 bits per heavy atom. The molecule has 120 valence electrons. The zero-order chi connectivity index (χ0) is 16.7. The van der Waals surface area contributed by atoms with Crippen LogP contribution in [0.3, 0.4) is 0 Å². The van der Waals surface area contributed by atoms with E-state index in [9.17, 15) is 14.0 Å². The van der Waals surface area contributed by atoms with Gasteiger partial charge in [-0.2, -0.15) is 0 Å². The Balaban J connectivity index is 1.77. The fourth-order valence-electron chi connectivity index (χ4n) is 1.89. The van der Waals surface area contributed by atoms with Gasteiger partial charge in [0.15, 0.2) is 0 Å². The first-order valence-corrected chi connectivity index (χ1v) is 8.18. The predicted molar refractivity (Wildman–Crippen MR) is 91.0 cm³/mol. The highest BCUT2D eigenvalue weighted by Crippen LogP contribution is 2.14. The molecule has 0 fully saturated rings. The van der Waals surface area contributed by atoms with Crippen LogP contribution in [0.2, 0.25) is 0 Å². The topological polar surface area (TPSA) is 58.2 Å². The van der Waals surface area contributed by atoms with Gasteiger partial charge in [0.05, 0.1) is 5.75 Å². The van der Waals surface area contributed by atoms with Gasteiger partial charge >= 0.3 is 0 Å². The minimum absolute atomic E-state index is 0.122. The summed E-state index contributed by atoms with van der Waals surface area (Å²) >= 11 is 1.47. The van der Waals surface area contributed by atoms with Crippen molar-refractivity contribution in [2.24, 2.45) is 0 Å². The van der Waals surface area contributed by atoms with Gasteiger partial charge in [0, 0.05) is 24.1 Å². The summed E-state index contributed by atoms with van der Waals surface area (Å²) in [6.07, 6.45) is 0. The molecule has 23 heavy (non-hydrogen) atoms. The molecule has 0 aromatic heterocycles. The second-order valence-electron chi connectivity index (χ2n) is 4.82. The zero-order valence-corrected chi connectivity index (χ0v) is 13.5. The standard InChI is InChI=1S/C17H17FN2O2S/c1-19-17(22)13-4-2-12(3-5-13)10-23-11-16(21)20-15-8-6-14(18)7-9-15/h2-9H,10-11H2,1H3,(H,19,22)(H,20,21). The minimum Gasteiger partial charge on any atom is -0.355 e. The van der Waals surface area contributed by atoms with Crippen LogP contribution in [0.1, 0.15) is 15.9 Å². The van der Waals surface area contributed by atoms with Gasteiger partial charge in [-0.3, -0.25) is 9.59 Å². The predicted octanol–water partition coefficient (Wildman–Crippen LogP) is 3.06. The maximum absolute atomic E-state index is 12.8. The summed E-state index contributed by atoms with van der Waals surface area (Å²) in [5.41, 5.74) is 2.22. The van der Waals surface area contributed by atoms with Crippen molar-refractivity contribution >= 4 is 29.3 Å². The van der Waals surface area contributed by atoms with E-state index < -0.39 is 0 Å². The molecule has 0 unspecified atom stereocenters. The van der Waals surface area contributed by atoms with Crippen LogP contribution in [-0.2, 0) is 10.5 Å². The van der Waals surface area contributed by atoms with Crippen LogP contribution < -0.4 is 10.6 Å². The first-order chi connectivity index (χ1) is 11.1. The molecule has 0 aliphatic carbocycles. The summed E-state index contributed by atoms with van der Waals surface area (Å²) in [5, 5.41) is 5.27. The van der Waals surface area contributed by atoms with E-state index in [-0.39, 0.29) is 17.6 Å². The summed E-state index contributed by atoms with van der Waals surface area (Å²) < 4.78 is 12.8. The molecule has 6 heteroatoms. The average molecular weight is 332 g/mol. The lowest BCUT2D eigenvalue weighted by Gasteiger charge is -2.06. The number of nitrogens with one attached hydrogen (secondary N) is 2. The molecule has 0 aliphatic heterocycles. The van der Waals surface area contributed by atoms with E-state index in [0.29, 0.717) is 22.8 Å². The van der Waals surface area contributed by atoms with Crippen LogP contribution in [-0.4, -0.2) is 24.6 Å². The number of anilines is 1. The van der Waals surface area contributed by atoms with Crippen molar-refractivity contribution in [1.29, 1.82) is 0 Å². The summed E-state index contributed by atoms with van der Waals surface area (Å²) in [4.78, 5) is 23.2. The van der Waals surface area contributed by atoms with Crippen LogP contribution in [0.15, 0.2) is 48.5 Å². The molecule has 2 aromatic carbocycles. The first-order valence-electron chi connectivity index (χ1n) is 7.02. The van der Waals surface area contributed by atoms with Gasteiger partial charge in [-0.1, -0.05) is 12.1 Å². The van der Waals surface area contributed by atoms with Gasteiger partial charge in [-0.15, -0.1) is 11.8 Å². The van der Waals surface area contributed by atoms with Crippen molar-refractivity contribution < 1.29 is 14.0 Å². The lowest BCUT2D eigenvalue weighted by molar-refractivity contribution is -0.113. The first kappa shape index (κ1) is 17.0. The third-order valence-corrected chi connectivity index (χ3v) is 4.08. The molecular formula is C17H17FN2O2S. The third kappa shape index (κ3) is 5.41. The van der Waals surface area contributed by atoms with E-state index in [1.165, 1.54) is 36.0 Å². The SMILES string of the molecule is CNC(=O)c1ccc(CSCC(=O)Nc2ccc(F)cc2)cc1. The van der Waals surface area contributed by atoms with E-state index in [1.54, 1.807) is 19.2 Å². The second kappa shape index (κ2) is 8.33. The van der Waals surface area contributed by atoms with Crippen LogP contribution in [0.5, 0.6) is 0 Å². The van der Waals surface area contributed by atoms with Gasteiger partial charge in [0.2, 0.25) is 5.91 Å². The van der Waals surface area contributed by atoms with Crippen molar-refractivity contribution in [1.82, 2.24) is 5.32 Å². The summed E-state index contributed by atoms with van der Waals surface area (Å²) in [6.45, 7) is 0. The Morgan fingerprint density at radius 1 is 1.04 bits per heavy atom. The van der Waals surface area contributed by atoms with Crippen LogP contribution >= 0.6 is 11.8 Å². The lowest BCUT2D eigenvalue weighted by atomic mass is 10.1. The van der Waals surface area contributed by atoms with Gasteiger partial charge in [0.1, 0.15) is 5.82 Å². The van der Waals surface area contributed by atoms with Crippen molar-refractivity contribution in [3.63, 3.8) is 0 Å². The van der Waals surface area contributed by atoms with Gasteiger partial charge in [-0.05, 0) is 42.0 Å². The maximum Gasteiger partial charge on any atom is 0.251 e. The summed E-state index contributed by atoms with van der Waals surface area (Å²) in [5.74, 6) is 0.378. The Bertz CT molecular complexity index is 672. The molecule has 2 aromatic rings. The Labute approximate surface area is 138 Å². The summed E-state index contributed by atoms with van der Waals surface area (Å²) in [7, 11) is 1.59. The highest BCUT2D eigenvalue weighted by Gasteiger charge is 2.05. The molecule has 2 amide bonds. The molecule has 0 spiro atoms. The number of benzene rings is 2. The number of halogens is 1. The zero-order valence-electron chi connectivity index (χ0n) is 12.6. The van der Waals surface area contributed by atoms with E-state index in [4.69, 9.17) is 0 Å². The lowest BCUT2D eigenvalue weighted by Crippen LogP contribution is -2.17. The molecule has 2 N–H and O–H groups in total. The molecule has 0 bridgehead atoms.